The Hall–Kier alpha value is -3.31. The first kappa shape index (κ1) is 19.5. The largest absolute Gasteiger partial charge is 0.497 e. The van der Waals surface area contributed by atoms with Gasteiger partial charge in [-0.2, -0.15) is 0 Å². The average molecular weight is 376 g/mol. The van der Waals surface area contributed by atoms with Crippen molar-refractivity contribution in [3.05, 3.63) is 84.4 Å². The maximum Gasteiger partial charge on any atom is 0.238 e. The Morgan fingerprint density at radius 3 is 2.32 bits per heavy atom. The van der Waals surface area contributed by atoms with Crippen LogP contribution >= 0.6 is 0 Å². The third kappa shape index (κ3) is 6.14. The summed E-state index contributed by atoms with van der Waals surface area (Å²) in [5, 5.41) is 6.03. The minimum absolute atomic E-state index is 0.0811. The van der Waals surface area contributed by atoms with Gasteiger partial charge in [0.15, 0.2) is 0 Å². The van der Waals surface area contributed by atoms with Gasteiger partial charge in [-0.3, -0.25) is 4.79 Å². The second kappa shape index (κ2) is 10.1. The van der Waals surface area contributed by atoms with Gasteiger partial charge in [0.1, 0.15) is 17.2 Å². The summed E-state index contributed by atoms with van der Waals surface area (Å²) in [6.45, 7) is 0.969. The zero-order valence-electron chi connectivity index (χ0n) is 15.9. The van der Waals surface area contributed by atoms with Crippen LogP contribution in [-0.2, 0) is 11.2 Å². The topological polar surface area (TPSA) is 59.6 Å². The number of carbonyl (C=O) groups is 1. The van der Waals surface area contributed by atoms with Crippen molar-refractivity contribution in [2.75, 3.05) is 25.5 Å². The molecule has 3 rings (SSSR count). The molecular weight excluding hydrogens is 352 g/mol. The molecule has 1 amide bonds. The van der Waals surface area contributed by atoms with Gasteiger partial charge in [0.05, 0.1) is 13.7 Å². The number of nitrogens with one attached hydrogen (secondary N) is 2. The van der Waals surface area contributed by atoms with Crippen LogP contribution in [-0.4, -0.2) is 26.1 Å². The summed E-state index contributed by atoms with van der Waals surface area (Å²) in [5.41, 5.74) is 1.90. The summed E-state index contributed by atoms with van der Waals surface area (Å²) in [6.07, 6.45) is 0.829. The Labute approximate surface area is 165 Å². The molecule has 2 N–H and O–H groups in total. The standard InChI is InChI=1S/C23H24N2O3/c1-27-22-9-5-6-18(16-22)14-15-24-17-23(26)25-19-10-12-21(13-11-19)28-20-7-3-2-4-8-20/h2-13,16,24H,14-15,17H2,1H3,(H,25,26). The Balaban J connectivity index is 1.39. The van der Waals surface area contributed by atoms with Crippen molar-refractivity contribution in [1.29, 1.82) is 0 Å². The highest BCUT2D eigenvalue weighted by atomic mass is 16.5. The molecule has 0 aliphatic heterocycles. The van der Waals surface area contributed by atoms with E-state index in [1.165, 1.54) is 5.56 Å². The zero-order valence-corrected chi connectivity index (χ0v) is 15.9. The Kier molecular flexibility index (Phi) is 7.04. The van der Waals surface area contributed by atoms with Crippen LogP contribution in [0.3, 0.4) is 0 Å². The Morgan fingerprint density at radius 2 is 1.57 bits per heavy atom. The van der Waals surface area contributed by atoms with Gasteiger partial charge in [-0.05, 0) is 67.1 Å². The predicted octanol–water partition coefficient (Wildman–Crippen LogP) is 4.26. The maximum absolute atomic E-state index is 12.1. The SMILES string of the molecule is COc1cccc(CCNCC(=O)Nc2ccc(Oc3ccccc3)cc2)c1. The van der Waals surface area contributed by atoms with E-state index in [0.717, 1.165) is 29.4 Å². The molecule has 0 bridgehead atoms. The molecule has 0 aromatic heterocycles. The van der Waals surface area contributed by atoms with E-state index < -0.39 is 0 Å². The fourth-order valence-corrected chi connectivity index (χ4v) is 2.70. The van der Waals surface area contributed by atoms with Gasteiger partial charge >= 0.3 is 0 Å². The first-order chi connectivity index (χ1) is 13.7. The fraction of sp³-hybridized carbons (Fsp3) is 0.174. The van der Waals surface area contributed by atoms with E-state index in [1.54, 1.807) is 7.11 Å². The molecule has 28 heavy (non-hydrogen) atoms. The van der Waals surface area contributed by atoms with Crippen LogP contribution in [0.5, 0.6) is 17.2 Å². The van der Waals surface area contributed by atoms with Crippen molar-refractivity contribution < 1.29 is 14.3 Å². The number of methoxy groups -OCH3 is 1. The van der Waals surface area contributed by atoms with Crippen LogP contribution in [0.4, 0.5) is 5.69 Å². The molecule has 0 unspecified atom stereocenters. The van der Waals surface area contributed by atoms with Gasteiger partial charge in [-0.1, -0.05) is 30.3 Å². The number of hydrogen-bond donors (Lipinski definition) is 2. The predicted molar refractivity (Wildman–Crippen MR) is 111 cm³/mol. The molecule has 0 saturated carbocycles. The molecule has 144 valence electrons. The molecular formula is C23H24N2O3. The van der Waals surface area contributed by atoms with Gasteiger partial charge in [0.25, 0.3) is 0 Å². The second-order valence-corrected chi connectivity index (χ2v) is 6.27. The third-order valence-electron chi connectivity index (χ3n) is 4.13. The lowest BCUT2D eigenvalue weighted by Gasteiger charge is -2.09. The molecule has 5 nitrogen and oxygen atoms in total. The monoisotopic (exact) mass is 376 g/mol. The van der Waals surface area contributed by atoms with E-state index in [9.17, 15) is 4.79 Å². The number of para-hydroxylation sites is 1. The van der Waals surface area contributed by atoms with Gasteiger partial charge in [-0.15, -0.1) is 0 Å². The maximum atomic E-state index is 12.1. The molecule has 0 saturated heterocycles. The molecule has 0 fully saturated rings. The molecule has 5 heteroatoms. The van der Waals surface area contributed by atoms with Gasteiger partial charge in [0, 0.05) is 5.69 Å². The average Bonchev–Trinajstić information content (AvgIpc) is 2.73. The van der Waals surface area contributed by atoms with Crippen LogP contribution < -0.4 is 20.1 Å². The number of amides is 1. The highest BCUT2D eigenvalue weighted by Crippen LogP contribution is 2.22. The van der Waals surface area contributed by atoms with Crippen molar-refractivity contribution >= 4 is 11.6 Å². The van der Waals surface area contributed by atoms with E-state index >= 15 is 0 Å². The molecule has 0 atom stereocenters. The fourth-order valence-electron chi connectivity index (χ4n) is 2.70. The van der Waals surface area contributed by atoms with Gasteiger partial charge < -0.3 is 20.1 Å². The van der Waals surface area contributed by atoms with Crippen LogP contribution in [0.2, 0.25) is 0 Å². The van der Waals surface area contributed by atoms with Crippen LogP contribution in [0.15, 0.2) is 78.9 Å². The minimum Gasteiger partial charge on any atom is -0.497 e. The molecule has 3 aromatic carbocycles. The van der Waals surface area contributed by atoms with Crippen LogP contribution in [0, 0.1) is 0 Å². The highest BCUT2D eigenvalue weighted by Gasteiger charge is 2.03. The number of ether oxygens (including phenoxy) is 2. The van der Waals surface area contributed by atoms with Crippen molar-refractivity contribution in [3.63, 3.8) is 0 Å². The summed E-state index contributed by atoms with van der Waals surface area (Å²) in [6, 6.07) is 24.8. The smallest absolute Gasteiger partial charge is 0.238 e. The second-order valence-electron chi connectivity index (χ2n) is 6.27. The first-order valence-corrected chi connectivity index (χ1v) is 9.19. The van der Waals surface area contributed by atoms with E-state index in [1.807, 2.05) is 78.9 Å². The number of anilines is 1. The zero-order chi connectivity index (χ0) is 19.6. The summed E-state index contributed by atoms with van der Waals surface area (Å²) in [7, 11) is 1.65. The Bertz CT molecular complexity index is 880. The first-order valence-electron chi connectivity index (χ1n) is 9.19. The van der Waals surface area contributed by atoms with E-state index in [0.29, 0.717) is 6.54 Å². The highest BCUT2D eigenvalue weighted by molar-refractivity contribution is 5.92. The lowest BCUT2D eigenvalue weighted by molar-refractivity contribution is -0.115. The summed E-state index contributed by atoms with van der Waals surface area (Å²) in [5.74, 6) is 2.26. The van der Waals surface area contributed by atoms with E-state index in [-0.39, 0.29) is 12.5 Å². The number of hydrogen-bond acceptors (Lipinski definition) is 4. The molecule has 0 aliphatic rings. The van der Waals surface area contributed by atoms with Crippen molar-refractivity contribution in [2.45, 2.75) is 6.42 Å². The lowest BCUT2D eigenvalue weighted by Crippen LogP contribution is -2.29. The minimum atomic E-state index is -0.0811. The number of benzene rings is 3. The van der Waals surface area contributed by atoms with Crippen LogP contribution in [0.1, 0.15) is 5.56 Å². The van der Waals surface area contributed by atoms with Crippen LogP contribution in [0.25, 0.3) is 0 Å². The molecule has 0 heterocycles. The molecule has 3 aromatic rings. The molecule has 0 radical (unpaired) electrons. The van der Waals surface area contributed by atoms with Gasteiger partial charge in [0.2, 0.25) is 5.91 Å². The molecule has 0 aliphatic carbocycles. The summed E-state index contributed by atoms with van der Waals surface area (Å²) >= 11 is 0. The molecule has 0 spiro atoms. The van der Waals surface area contributed by atoms with E-state index in [2.05, 4.69) is 10.6 Å². The summed E-state index contributed by atoms with van der Waals surface area (Å²) in [4.78, 5) is 12.1. The van der Waals surface area contributed by atoms with Gasteiger partial charge in [-0.25, -0.2) is 0 Å². The number of carbonyl (C=O) groups excluding carboxylic acids is 1. The van der Waals surface area contributed by atoms with E-state index in [4.69, 9.17) is 9.47 Å². The Morgan fingerprint density at radius 1 is 0.857 bits per heavy atom. The lowest BCUT2D eigenvalue weighted by atomic mass is 10.1. The summed E-state index contributed by atoms with van der Waals surface area (Å²) < 4.78 is 11.0. The third-order valence-corrected chi connectivity index (χ3v) is 4.13. The quantitative estimate of drug-likeness (QED) is 0.548. The normalized spacial score (nSPS) is 10.3. The van der Waals surface area contributed by atoms with Crippen molar-refractivity contribution in [1.82, 2.24) is 5.32 Å². The van der Waals surface area contributed by atoms with Crippen molar-refractivity contribution in [3.8, 4) is 17.2 Å². The van der Waals surface area contributed by atoms with Crippen molar-refractivity contribution in [2.24, 2.45) is 0 Å². The number of rotatable bonds is 9.